The van der Waals surface area contributed by atoms with Crippen LogP contribution in [0.25, 0.3) is 0 Å². The summed E-state index contributed by atoms with van der Waals surface area (Å²) >= 11 is 0. The molecule has 6 fully saturated rings. The van der Waals surface area contributed by atoms with Crippen LogP contribution in [-0.2, 0) is 38.1 Å². The van der Waals surface area contributed by atoms with Crippen LogP contribution in [0.2, 0.25) is 0 Å². The Bertz CT molecular complexity index is 1820. The summed E-state index contributed by atoms with van der Waals surface area (Å²) in [5.74, 6) is -1.30. The molecule has 17 atom stereocenters. The molecule has 8 N–H and O–H groups in total. The summed E-state index contributed by atoms with van der Waals surface area (Å²) in [6.07, 6.45) is 12.2. The molecule has 0 aromatic carbocycles. The van der Waals surface area contributed by atoms with E-state index in [9.17, 15) is 44.7 Å². The maximum atomic E-state index is 11.4. The maximum Gasteiger partial charge on any atom is 0.305 e. The molecule has 1 unspecified atom stereocenters. The Morgan fingerprint density at radius 1 is 0.775 bits per heavy atom. The Morgan fingerprint density at radius 3 is 1.85 bits per heavy atom. The van der Waals surface area contributed by atoms with Gasteiger partial charge in [0.1, 0.15) is 18.3 Å². The molecule has 5 saturated heterocycles. The van der Waals surface area contributed by atoms with Crippen molar-refractivity contribution in [3.05, 3.63) is 47.6 Å². The minimum Gasteiger partial charge on any atom is -0.481 e. The number of aliphatic hydroxyl groups excluding tert-OH is 4. The molecule has 0 spiro atoms. The fraction of sp³-hybridized carbons (Fsp3) is 0.778. The summed E-state index contributed by atoms with van der Waals surface area (Å²) in [7, 11) is 0. The van der Waals surface area contributed by atoms with E-state index in [2.05, 4.69) is 75.2 Å². The lowest BCUT2D eigenvalue weighted by Gasteiger charge is -2.47. The maximum absolute atomic E-state index is 11.4. The standard InChI is InChI=1S/C31H47NO5.C10H18O5.C10H16O5.C3H7N/c1-6-27-20(3)9-12-28(37-27)21(4)16-19(2)8-10-24-22(5)25(24)11-13-29-31(35)26(32-14-7-15-32)17-23(36-29)18-30(33)34;2*1-5(2)10-9(14)7(11)3-6(15-10)4-8(12)13;1-2-4-3-1/h8-11,13,16,19,22-29,31,35H,6-7,12,14-15,17-18H2,1-5H3,(H,33,34);5-7,9-11,14H,3-4H2,1-2H3,(H,12,13);5-6,9-10,14H,3-4H2,1-2H3,(H,12,13);4H,1-3H2/b10-8+,13-11+,21-16+;;;/t19-,22-,23+,24+,25+,26?,27-,28-,29+,31-;6-,7-,9+,10-;6-,9+,10-;/m100./s1. The molecule has 6 aliphatic heterocycles. The van der Waals surface area contributed by atoms with Crippen molar-refractivity contribution in [2.45, 2.75) is 206 Å². The van der Waals surface area contributed by atoms with Gasteiger partial charge in [-0.1, -0.05) is 84.9 Å². The smallest absolute Gasteiger partial charge is 0.305 e. The molecule has 0 bridgehead atoms. The summed E-state index contributed by atoms with van der Waals surface area (Å²) in [6, 6.07) is -0.0233. The van der Waals surface area contributed by atoms with E-state index in [1.54, 1.807) is 0 Å². The highest BCUT2D eigenvalue weighted by atomic mass is 16.5. The average Bonchev–Trinajstić information content (AvgIpc) is 3.87. The number of hydrogen-bond acceptors (Lipinski definition) is 14. The highest BCUT2D eigenvalue weighted by Gasteiger charge is 2.45. The van der Waals surface area contributed by atoms with Gasteiger partial charge in [-0.05, 0) is 119 Å². The van der Waals surface area contributed by atoms with Crippen molar-refractivity contribution in [3.63, 3.8) is 0 Å². The lowest BCUT2D eigenvalue weighted by Crippen LogP contribution is -2.59. The number of carboxylic acid groups (broad SMARTS) is 3. The zero-order valence-corrected chi connectivity index (χ0v) is 43.7. The second-order valence-electron chi connectivity index (χ2n) is 21.4. The molecule has 17 nitrogen and oxygen atoms in total. The van der Waals surface area contributed by atoms with Crippen LogP contribution in [0.3, 0.4) is 0 Å². The number of aliphatic hydroxyl groups is 4. The van der Waals surface area contributed by atoms with Crippen molar-refractivity contribution in [1.82, 2.24) is 10.2 Å². The second kappa shape index (κ2) is 28.9. The van der Waals surface area contributed by atoms with Gasteiger partial charge in [-0.3, -0.25) is 24.1 Å². The van der Waals surface area contributed by atoms with Gasteiger partial charge in [-0.15, -0.1) is 0 Å². The minimum atomic E-state index is -1.12. The predicted octanol–water partition coefficient (Wildman–Crippen LogP) is 5.33. The number of likely N-dealkylation sites (tertiary alicyclic amines) is 1. The first-order valence-electron chi connectivity index (χ1n) is 26.2. The van der Waals surface area contributed by atoms with Gasteiger partial charge in [0.05, 0.1) is 74.2 Å². The Morgan fingerprint density at radius 2 is 1.32 bits per heavy atom. The monoisotopic (exact) mass is 1000 g/mol. The summed E-state index contributed by atoms with van der Waals surface area (Å²) < 4.78 is 23.2. The Labute approximate surface area is 421 Å². The molecule has 6 heterocycles. The zero-order valence-electron chi connectivity index (χ0n) is 43.7. The highest BCUT2D eigenvalue weighted by Crippen LogP contribution is 2.48. The summed E-state index contributed by atoms with van der Waals surface area (Å²) in [6.45, 7) is 22.8. The first-order chi connectivity index (χ1) is 33.5. The number of Topliss-reactive ketones (excluding diaryl/α,β-unsaturated/α-hetero) is 1. The quantitative estimate of drug-likeness (QED) is 0.0910. The predicted molar refractivity (Wildman–Crippen MR) is 267 cm³/mol. The number of nitrogens with zero attached hydrogens (tertiary/aromatic N) is 1. The fourth-order valence-corrected chi connectivity index (χ4v) is 10.0. The summed E-state index contributed by atoms with van der Waals surface area (Å²) in [5.41, 5.74) is 2.65. The van der Waals surface area contributed by atoms with Crippen molar-refractivity contribution in [1.29, 1.82) is 0 Å². The Kier molecular flexibility index (Phi) is 24.5. The topological polar surface area (TPSA) is 262 Å². The average molecular weight is 1010 g/mol. The molecule has 404 valence electrons. The SMILES string of the molecule is C1CNC1.CC(C)[C@@H]1O[C@H](CC(=O)O)CC(=O)[C@H]1O.CC(C)[C@@H]1O[C@H](CC(=O)O)C[C@H](O)[C@H]1O.CC[C@H]1O[C@@H](/C(C)=C/[C@H](C)/C=C/[C@H]2[C@@H](C)[C@@H]2/C=C/[C@@H]2O[C@H](CC(=O)O)CC(N3CCC3)[C@H]2O)CC=C1C. The van der Waals surface area contributed by atoms with Gasteiger partial charge in [0.25, 0.3) is 0 Å². The molecule has 0 aromatic heterocycles. The lowest BCUT2D eigenvalue weighted by atomic mass is 9.90. The van der Waals surface area contributed by atoms with Crippen LogP contribution >= 0.6 is 0 Å². The fourth-order valence-electron chi connectivity index (χ4n) is 10.0. The number of ether oxygens (including phenoxy) is 4. The molecule has 0 aromatic rings. The van der Waals surface area contributed by atoms with Crippen LogP contribution in [0.5, 0.6) is 0 Å². The van der Waals surface area contributed by atoms with Crippen LogP contribution in [0.1, 0.15) is 127 Å². The number of carbonyl (C=O) groups excluding carboxylic acids is 1. The third kappa shape index (κ3) is 18.8. The summed E-state index contributed by atoms with van der Waals surface area (Å²) in [4.78, 5) is 45.9. The molecule has 7 aliphatic rings. The van der Waals surface area contributed by atoms with Crippen molar-refractivity contribution < 1.29 is 73.9 Å². The Balaban J connectivity index is 0.000000262. The second-order valence-corrected chi connectivity index (χ2v) is 21.4. The van der Waals surface area contributed by atoms with Crippen LogP contribution in [0.15, 0.2) is 47.6 Å². The van der Waals surface area contributed by atoms with Crippen molar-refractivity contribution in [2.24, 2.45) is 35.5 Å². The van der Waals surface area contributed by atoms with Crippen LogP contribution in [0, 0.1) is 35.5 Å². The molecule has 7 rings (SSSR count). The lowest BCUT2D eigenvalue weighted by molar-refractivity contribution is -0.187. The molecule has 17 heteroatoms. The largest absolute Gasteiger partial charge is 0.481 e. The molecule has 71 heavy (non-hydrogen) atoms. The number of ketones is 1. The van der Waals surface area contributed by atoms with Crippen molar-refractivity contribution >= 4 is 23.7 Å². The Hall–Kier alpha value is -3.36. The first-order valence-corrected chi connectivity index (χ1v) is 26.2. The molecular formula is C54H88N2O15. The van der Waals surface area contributed by atoms with Gasteiger partial charge in [0.2, 0.25) is 0 Å². The van der Waals surface area contributed by atoms with E-state index in [0.717, 1.165) is 32.4 Å². The van der Waals surface area contributed by atoms with Gasteiger partial charge in [-0.25, -0.2) is 0 Å². The normalized spacial score (nSPS) is 36.7. The number of nitrogens with one attached hydrogen (secondary N) is 1. The van der Waals surface area contributed by atoms with Crippen molar-refractivity contribution in [2.75, 3.05) is 26.2 Å². The molecule has 1 saturated carbocycles. The minimum absolute atomic E-state index is 0.0134. The number of carboxylic acids is 3. The van der Waals surface area contributed by atoms with E-state index in [1.807, 2.05) is 33.8 Å². The van der Waals surface area contributed by atoms with E-state index < -0.39 is 72.8 Å². The zero-order chi connectivity index (χ0) is 52.7. The van der Waals surface area contributed by atoms with Crippen molar-refractivity contribution in [3.8, 4) is 0 Å². The van der Waals surface area contributed by atoms with Gasteiger partial charge < -0.3 is 60.0 Å². The van der Waals surface area contributed by atoms with Gasteiger partial charge >= 0.3 is 17.9 Å². The van der Waals surface area contributed by atoms with E-state index in [0.29, 0.717) is 30.1 Å². The molecule has 1 aliphatic carbocycles. The molecule has 0 amide bonds. The van der Waals surface area contributed by atoms with Crippen LogP contribution in [0.4, 0.5) is 0 Å². The number of rotatable bonds is 16. The van der Waals surface area contributed by atoms with E-state index in [4.69, 9.17) is 29.2 Å². The number of hydrogen-bond donors (Lipinski definition) is 8. The first kappa shape index (κ1) is 60.2. The van der Waals surface area contributed by atoms with Gasteiger partial charge in [0, 0.05) is 18.9 Å². The number of carbonyl (C=O) groups is 4. The van der Waals surface area contributed by atoms with Gasteiger partial charge in [-0.2, -0.15) is 0 Å². The van der Waals surface area contributed by atoms with E-state index in [1.165, 1.54) is 30.7 Å². The third-order valence-corrected chi connectivity index (χ3v) is 14.7. The number of aliphatic carboxylic acids is 3. The van der Waals surface area contributed by atoms with Crippen LogP contribution in [-0.4, -0.2) is 170 Å². The molecule has 0 radical (unpaired) electrons. The molecular weight excluding hydrogens is 917 g/mol. The highest BCUT2D eigenvalue weighted by molar-refractivity contribution is 5.85. The van der Waals surface area contributed by atoms with E-state index in [-0.39, 0.29) is 74.1 Å². The van der Waals surface area contributed by atoms with Crippen LogP contribution < -0.4 is 5.32 Å². The number of allylic oxidation sites excluding steroid dienone is 4. The van der Waals surface area contributed by atoms with Gasteiger partial charge in [0.15, 0.2) is 5.78 Å². The van der Waals surface area contributed by atoms with E-state index >= 15 is 0 Å². The summed E-state index contributed by atoms with van der Waals surface area (Å²) in [5, 5.41) is 69.3. The third-order valence-electron chi connectivity index (χ3n) is 14.7.